The summed E-state index contributed by atoms with van der Waals surface area (Å²) in [6.45, 7) is 5.11. The molecule has 2 heterocycles. The number of hydrogen-bond donors (Lipinski definition) is 4. The molecule has 0 fully saturated rings. The van der Waals surface area contributed by atoms with E-state index in [0.29, 0.717) is 5.56 Å². The first-order chi connectivity index (χ1) is 10.3. The molecule has 0 aliphatic carbocycles. The second-order valence-electron chi connectivity index (χ2n) is 6.07. The van der Waals surface area contributed by atoms with Crippen LogP contribution in [0.2, 0.25) is 0 Å². The minimum atomic E-state index is -1.17. The van der Waals surface area contributed by atoms with Crippen LogP contribution in [0.3, 0.4) is 0 Å². The van der Waals surface area contributed by atoms with Gasteiger partial charge in [-0.1, -0.05) is 0 Å². The number of aliphatic hydroxyl groups is 2. The smallest absolute Gasteiger partial charge is 0.407 e. The van der Waals surface area contributed by atoms with E-state index in [4.69, 9.17) is 4.74 Å². The first-order valence-corrected chi connectivity index (χ1v) is 7.02. The summed E-state index contributed by atoms with van der Waals surface area (Å²) < 4.78 is 5.06. The van der Waals surface area contributed by atoms with Crippen molar-refractivity contribution in [2.75, 3.05) is 6.54 Å². The molecule has 0 aromatic carbocycles. The molecule has 0 bridgehead atoms. The number of aromatic amines is 1. The van der Waals surface area contributed by atoms with Crippen molar-refractivity contribution >= 4 is 17.1 Å². The molecule has 2 aromatic rings. The van der Waals surface area contributed by atoms with Gasteiger partial charge in [-0.05, 0) is 32.9 Å². The number of aliphatic hydroxyl groups excluding tert-OH is 2. The van der Waals surface area contributed by atoms with Crippen LogP contribution < -0.4 is 5.32 Å². The lowest BCUT2D eigenvalue weighted by Gasteiger charge is -2.22. The van der Waals surface area contributed by atoms with E-state index >= 15 is 0 Å². The molecule has 7 heteroatoms. The lowest BCUT2D eigenvalue weighted by molar-refractivity contribution is 0.0128. The van der Waals surface area contributed by atoms with Gasteiger partial charge in [-0.15, -0.1) is 0 Å². The minimum Gasteiger partial charge on any atom is -0.444 e. The van der Waals surface area contributed by atoms with Gasteiger partial charge in [0.1, 0.15) is 17.8 Å². The van der Waals surface area contributed by atoms with Crippen LogP contribution in [0.15, 0.2) is 24.5 Å². The van der Waals surface area contributed by atoms with E-state index in [9.17, 15) is 15.0 Å². The normalized spacial score (nSPS) is 14.6. The molecule has 120 valence electrons. The second kappa shape index (κ2) is 6.33. The van der Waals surface area contributed by atoms with Crippen LogP contribution in [-0.4, -0.2) is 44.5 Å². The van der Waals surface area contributed by atoms with E-state index in [-0.39, 0.29) is 6.54 Å². The molecule has 1 amide bonds. The van der Waals surface area contributed by atoms with Crippen molar-refractivity contribution in [1.82, 2.24) is 15.3 Å². The van der Waals surface area contributed by atoms with E-state index in [0.717, 1.165) is 11.0 Å². The van der Waals surface area contributed by atoms with Crippen LogP contribution in [0, 0.1) is 0 Å². The Bertz CT molecular complexity index is 648. The Kier molecular flexibility index (Phi) is 4.68. The fourth-order valence-electron chi connectivity index (χ4n) is 1.95. The van der Waals surface area contributed by atoms with E-state index in [2.05, 4.69) is 15.3 Å². The highest BCUT2D eigenvalue weighted by Crippen LogP contribution is 2.19. The molecule has 0 radical (unpaired) electrons. The number of alkyl carbamates (subject to hydrolysis) is 1. The van der Waals surface area contributed by atoms with Gasteiger partial charge in [-0.3, -0.25) is 4.98 Å². The summed E-state index contributed by atoms with van der Waals surface area (Å²) in [7, 11) is 0. The number of nitrogens with one attached hydrogen (secondary N) is 2. The number of H-pyrrole nitrogens is 1. The van der Waals surface area contributed by atoms with Gasteiger partial charge in [0.25, 0.3) is 0 Å². The molecule has 22 heavy (non-hydrogen) atoms. The largest absolute Gasteiger partial charge is 0.444 e. The van der Waals surface area contributed by atoms with E-state index in [1.807, 2.05) is 6.07 Å². The number of carbonyl (C=O) groups excluding carboxylic acids is 1. The Labute approximate surface area is 128 Å². The quantitative estimate of drug-likeness (QED) is 0.684. The van der Waals surface area contributed by atoms with Crippen molar-refractivity contribution < 1.29 is 19.7 Å². The fourth-order valence-corrected chi connectivity index (χ4v) is 1.95. The molecule has 2 unspecified atom stereocenters. The van der Waals surface area contributed by atoms with Crippen LogP contribution in [0.1, 0.15) is 32.4 Å². The van der Waals surface area contributed by atoms with Gasteiger partial charge in [-0.25, -0.2) is 4.79 Å². The van der Waals surface area contributed by atoms with Gasteiger partial charge in [0.05, 0.1) is 11.0 Å². The van der Waals surface area contributed by atoms with Gasteiger partial charge >= 0.3 is 6.09 Å². The van der Waals surface area contributed by atoms with Gasteiger partial charge in [-0.2, -0.15) is 0 Å². The highest BCUT2D eigenvalue weighted by atomic mass is 16.6. The van der Waals surface area contributed by atoms with Gasteiger partial charge in [0, 0.05) is 24.5 Å². The van der Waals surface area contributed by atoms with E-state index in [1.165, 1.54) is 6.20 Å². The summed E-state index contributed by atoms with van der Waals surface area (Å²) in [4.78, 5) is 18.7. The number of pyridine rings is 1. The van der Waals surface area contributed by atoms with Crippen molar-refractivity contribution in [2.24, 2.45) is 0 Å². The van der Waals surface area contributed by atoms with Crippen molar-refractivity contribution in [3.63, 3.8) is 0 Å². The molecular weight excluding hydrogens is 286 g/mol. The zero-order valence-electron chi connectivity index (χ0n) is 12.8. The molecule has 0 aliphatic rings. The third kappa shape index (κ3) is 4.19. The maximum atomic E-state index is 11.5. The molecule has 2 aromatic heterocycles. The SMILES string of the molecule is CC(C)(C)OC(=O)NCC(O)C(O)c1cnc2cc[nH]c2c1. The van der Waals surface area contributed by atoms with Crippen LogP contribution >= 0.6 is 0 Å². The molecule has 2 atom stereocenters. The maximum absolute atomic E-state index is 11.5. The van der Waals surface area contributed by atoms with Crippen LogP contribution in [0.25, 0.3) is 11.0 Å². The number of aromatic nitrogens is 2. The third-order valence-electron chi connectivity index (χ3n) is 2.98. The van der Waals surface area contributed by atoms with Crippen LogP contribution in [-0.2, 0) is 4.74 Å². The minimum absolute atomic E-state index is 0.126. The van der Waals surface area contributed by atoms with Crippen molar-refractivity contribution in [1.29, 1.82) is 0 Å². The van der Waals surface area contributed by atoms with E-state index in [1.54, 1.807) is 33.0 Å². The third-order valence-corrected chi connectivity index (χ3v) is 2.98. The molecule has 0 saturated carbocycles. The summed E-state index contributed by atoms with van der Waals surface area (Å²) in [6, 6.07) is 3.52. The molecule has 0 spiro atoms. The summed E-state index contributed by atoms with van der Waals surface area (Å²) in [5, 5.41) is 22.5. The Morgan fingerprint density at radius 1 is 1.45 bits per heavy atom. The monoisotopic (exact) mass is 307 g/mol. The summed E-state index contributed by atoms with van der Waals surface area (Å²) in [5.74, 6) is 0. The topological polar surface area (TPSA) is 107 Å². The number of nitrogens with zero attached hydrogens (tertiary/aromatic N) is 1. The zero-order valence-corrected chi connectivity index (χ0v) is 12.8. The molecular formula is C15H21N3O4. The number of ether oxygens (including phenoxy) is 1. The van der Waals surface area contributed by atoms with Crippen LogP contribution in [0.4, 0.5) is 4.79 Å². The Morgan fingerprint density at radius 3 is 2.86 bits per heavy atom. The lowest BCUT2D eigenvalue weighted by Crippen LogP contribution is -2.38. The lowest BCUT2D eigenvalue weighted by atomic mass is 10.1. The number of hydrogen-bond acceptors (Lipinski definition) is 5. The van der Waals surface area contributed by atoms with Crippen molar-refractivity contribution in [3.05, 3.63) is 30.1 Å². The van der Waals surface area contributed by atoms with Crippen LogP contribution in [0.5, 0.6) is 0 Å². The molecule has 0 saturated heterocycles. The van der Waals surface area contributed by atoms with Gasteiger partial charge in [0.2, 0.25) is 0 Å². The highest BCUT2D eigenvalue weighted by molar-refractivity contribution is 5.75. The Hall–Kier alpha value is -2.12. The number of carbonyl (C=O) groups is 1. The fraction of sp³-hybridized carbons (Fsp3) is 0.467. The zero-order chi connectivity index (χ0) is 16.3. The average Bonchev–Trinajstić information content (AvgIpc) is 2.89. The summed E-state index contributed by atoms with van der Waals surface area (Å²) in [5.41, 5.74) is 1.39. The average molecular weight is 307 g/mol. The van der Waals surface area contributed by atoms with Gasteiger partial charge < -0.3 is 25.3 Å². The number of fused-ring (bicyclic) bond motifs is 1. The molecule has 4 N–H and O–H groups in total. The van der Waals surface area contributed by atoms with E-state index < -0.39 is 23.9 Å². The molecule has 0 aliphatic heterocycles. The Morgan fingerprint density at radius 2 is 2.18 bits per heavy atom. The first kappa shape index (κ1) is 16.3. The number of rotatable bonds is 4. The van der Waals surface area contributed by atoms with Crippen molar-refractivity contribution in [2.45, 2.75) is 38.6 Å². The number of amides is 1. The Balaban J connectivity index is 1.94. The maximum Gasteiger partial charge on any atom is 0.407 e. The standard InChI is InChI=1S/C15H21N3O4/c1-15(2,3)22-14(21)18-8-12(19)13(20)9-6-11-10(17-7-9)4-5-16-11/h4-7,12-13,16,19-20H,8H2,1-3H3,(H,18,21). The summed E-state index contributed by atoms with van der Waals surface area (Å²) in [6.07, 6.45) is 0.278. The predicted octanol–water partition coefficient (Wildman–Crippen LogP) is 1.48. The molecule has 2 rings (SSSR count). The summed E-state index contributed by atoms with van der Waals surface area (Å²) >= 11 is 0. The van der Waals surface area contributed by atoms with Crippen molar-refractivity contribution in [3.8, 4) is 0 Å². The first-order valence-electron chi connectivity index (χ1n) is 7.02. The predicted molar refractivity (Wildman–Crippen MR) is 81.3 cm³/mol. The molecule has 7 nitrogen and oxygen atoms in total. The van der Waals surface area contributed by atoms with Gasteiger partial charge in [0.15, 0.2) is 0 Å². The second-order valence-corrected chi connectivity index (χ2v) is 6.07. The highest BCUT2D eigenvalue weighted by Gasteiger charge is 2.22.